The van der Waals surface area contributed by atoms with Crippen molar-refractivity contribution in [1.82, 2.24) is 4.90 Å². The summed E-state index contributed by atoms with van der Waals surface area (Å²) in [5.41, 5.74) is 7.54. The molecular weight excluding hydrogens is 232 g/mol. The number of benzene rings is 1. The molecule has 0 unspecified atom stereocenters. The van der Waals surface area contributed by atoms with Crippen LogP contribution < -0.4 is 5.73 Å². The molecule has 0 heterocycles. The molecule has 1 aliphatic rings. The number of nitrogens with zero attached hydrogens (tertiary/aromatic N) is 1. The molecule has 0 aromatic heterocycles. The molecule has 0 aliphatic heterocycles. The molecule has 1 aromatic carbocycles. The average Bonchev–Trinajstić information content (AvgIpc) is 2.23. The van der Waals surface area contributed by atoms with E-state index in [1.807, 2.05) is 18.2 Å². The fraction of sp³-hybridized carbons (Fsp3) is 0.571. The normalized spacial score (nSPS) is 18.1. The number of nitrogens with two attached hydrogens (primary N) is 1. The van der Waals surface area contributed by atoms with E-state index in [9.17, 15) is 0 Å². The summed E-state index contributed by atoms with van der Waals surface area (Å²) in [7, 11) is 2.16. The first kappa shape index (κ1) is 12.9. The predicted molar refractivity (Wildman–Crippen MR) is 73.1 cm³/mol. The van der Waals surface area contributed by atoms with E-state index in [2.05, 4.69) is 18.0 Å². The van der Waals surface area contributed by atoms with Crippen LogP contribution in [0.2, 0.25) is 5.02 Å². The predicted octanol–water partition coefficient (Wildman–Crippen LogP) is 2.90. The van der Waals surface area contributed by atoms with Crippen LogP contribution in [0.1, 0.15) is 24.8 Å². The van der Waals surface area contributed by atoms with Crippen LogP contribution in [0.15, 0.2) is 24.3 Å². The number of hydrogen-bond donors (Lipinski definition) is 1. The Morgan fingerprint density at radius 3 is 2.71 bits per heavy atom. The standard InChI is InChI=1S/C14H21ClN2/c1-17(11-14(10-16)6-3-7-14)9-12-4-2-5-13(15)8-12/h2,4-5,8H,3,6-7,9-11,16H2,1H3. The van der Waals surface area contributed by atoms with Gasteiger partial charge in [0.25, 0.3) is 0 Å². The van der Waals surface area contributed by atoms with E-state index >= 15 is 0 Å². The highest BCUT2D eigenvalue weighted by molar-refractivity contribution is 6.30. The third-order valence-electron chi connectivity index (χ3n) is 3.79. The van der Waals surface area contributed by atoms with Gasteiger partial charge in [0.05, 0.1) is 0 Å². The zero-order valence-corrected chi connectivity index (χ0v) is 11.2. The van der Waals surface area contributed by atoms with Gasteiger partial charge in [-0.25, -0.2) is 0 Å². The maximum atomic E-state index is 5.99. The number of hydrogen-bond acceptors (Lipinski definition) is 2. The smallest absolute Gasteiger partial charge is 0.0409 e. The quantitative estimate of drug-likeness (QED) is 0.873. The molecule has 2 nitrogen and oxygen atoms in total. The van der Waals surface area contributed by atoms with Gasteiger partial charge in [0, 0.05) is 18.1 Å². The Hall–Kier alpha value is -0.570. The Balaban J connectivity index is 1.90. The Morgan fingerprint density at radius 2 is 2.18 bits per heavy atom. The summed E-state index contributed by atoms with van der Waals surface area (Å²) in [6, 6.07) is 8.08. The van der Waals surface area contributed by atoms with E-state index in [1.165, 1.54) is 24.8 Å². The van der Waals surface area contributed by atoms with Gasteiger partial charge in [-0.1, -0.05) is 30.2 Å². The fourth-order valence-corrected chi connectivity index (χ4v) is 2.89. The van der Waals surface area contributed by atoms with E-state index in [1.54, 1.807) is 0 Å². The van der Waals surface area contributed by atoms with Gasteiger partial charge >= 0.3 is 0 Å². The van der Waals surface area contributed by atoms with Gasteiger partial charge in [0.15, 0.2) is 0 Å². The lowest BCUT2D eigenvalue weighted by Gasteiger charge is -2.43. The molecule has 0 amide bonds. The summed E-state index contributed by atoms with van der Waals surface area (Å²) in [6.07, 6.45) is 3.90. The summed E-state index contributed by atoms with van der Waals surface area (Å²) >= 11 is 5.99. The van der Waals surface area contributed by atoms with Crippen molar-refractivity contribution >= 4 is 11.6 Å². The highest BCUT2D eigenvalue weighted by Gasteiger charge is 2.36. The Morgan fingerprint density at radius 1 is 1.41 bits per heavy atom. The lowest BCUT2D eigenvalue weighted by atomic mass is 9.68. The first-order valence-corrected chi connectivity index (χ1v) is 6.64. The van der Waals surface area contributed by atoms with Crippen molar-refractivity contribution in [3.63, 3.8) is 0 Å². The monoisotopic (exact) mass is 252 g/mol. The lowest BCUT2D eigenvalue weighted by Crippen LogP contribution is -2.45. The zero-order chi connectivity index (χ0) is 12.3. The lowest BCUT2D eigenvalue weighted by molar-refractivity contribution is 0.0845. The van der Waals surface area contributed by atoms with Crippen LogP contribution in [0.5, 0.6) is 0 Å². The summed E-state index contributed by atoms with van der Waals surface area (Å²) < 4.78 is 0. The first-order valence-electron chi connectivity index (χ1n) is 6.27. The average molecular weight is 253 g/mol. The molecule has 2 N–H and O–H groups in total. The Bertz CT molecular complexity index is 369. The van der Waals surface area contributed by atoms with Gasteiger partial charge in [-0.2, -0.15) is 0 Å². The van der Waals surface area contributed by atoms with Gasteiger partial charge in [-0.3, -0.25) is 0 Å². The van der Waals surface area contributed by atoms with E-state index in [4.69, 9.17) is 17.3 Å². The van der Waals surface area contributed by atoms with Crippen molar-refractivity contribution in [3.05, 3.63) is 34.9 Å². The minimum atomic E-state index is 0.382. The second-order valence-electron chi connectivity index (χ2n) is 5.36. The Labute approximate surface area is 109 Å². The molecule has 2 rings (SSSR count). The van der Waals surface area contributed by atoms with Crippen LogP contribution >= 0.6 is 11.6 Å². The molecular formula is C14H21ClN2. The maximum absolute atomic E-state index is 5.99. The first-order chi connectivity index (χ1) is 8.13. The van der Waals surface area contributed by atoms with Crippen molar-refractivity contribution < 1.29 is 0 Å². The topological polar surface area (TPSA) is 29.3 Å². The Kier molecular flexibility index (Phi) is 4.08. The minimum absolute atomic E-state index is 0.382. The third kappa shape index (κ3) is 3.21. The van der Waals surface area contributed by atoms with Gasteiger partial charge in [-0.15, -0.1) is 0 Å². The zero-order valence-electron chi connectivity index (χ0n) is 10.5. The van der Waals surface area contributed by atoms with Crippen LogP contribution in [0, 0.1) is 5.41 Å². The van der Waals surface area contributed by atoms with Crippen LogP contribution in [-0.4, -0.2) is 25.0 Å². The molecule has 1 aliphatic carbocycles. The van der Waals surface area contributed by atoms with Crippen molar-refractivity contribution in [2.75, 3.05) is 20.1 Å². The number of rotatable bonds is 5. The van der Waals surface area contributed by atoms with E-state index in [-0.39, 0.29) is 0 Å². The van der Waals surface area contributed by atoms with Crippen molar-refractivity contribution in [1.29, 1.82) is 0 Å². The van der Waals surface area contributed by atoms with Crippen LogP contribution in [0.3, 0.4) is 0 Å². The van der Waals surface area contributed by atoms with Gasteiger partial charge in [-0.05, 0) is 49.5 Å². The molecule has 94 valence electrons. The van der Waals surface area contributed by atoms with Gasteiger partial charge < -0.3 is 10.6 Å². The molecule has 0 spiro atoms. The van der Waals surface area contributed by atoms with E-state index in [0.29, 0.717) is 5.41 Å². The molecule has 3 heteroatoms. The summed E-state index contributed by atoms with van der Waals surface area (Å²) in [5, 5.41) is 0.813. The molecule has 0 radical (unpaired) electrons. The largest absolute Gasteiger partial charge is 0.330 e. The van der Waals surface area contributed by atoms with Crippen molar-refractivity contribution in [3.8, 4) is 0 Å². The fourth-order valence-electron chi connectivity index (χ4n) is 2.68. The molecule has 1 fully saturated rings. The third-order valence-corrected chi connectivity index (χ3v) is 4.03. The molecule has 17 heavy (non-hydrogen) atoms. The summed E-state index contributed by atoms with van der Waals surface area (Å²) in [4.78, 5) is 2.36. The van der Waals surface area contributed by atoms with Crippen LogP contribution in [0.25, 0.3) is 0 Å². The van der Waals surface area contributed by atoms with Crippen LogP contribution in [-0.2, 0) is 6.54 Å². The second kappa shape index (κ2) is 5.38. The molecule has 1 saturated carbocycles. The maximum Gasteiger partial charge on any atom is 0.0409 e. The molecule has 0 saturated heterocycles. The van der Waals surface area contributed by atoms with Crippen LogP contribution in [0.4, 0.5) is 0 Å². The second-order valence-corrected chi connectivity index (χ2v) is 5.80. The van der Waals surface area contributed by atoms with Gasteiger partial charge in [0.1, 0.15) is 0 Å². The molecule has 0 atom stereocenters. The van der Waals surface area contributed by atoms with E-state index in [0.717, 1.165) is 24.7 Å². The van der Waals surface area contributed by atoms with Crippen molar-refractivity contribution in [2.45, 2.75) is 25.8 Å². The highest BCUT2D eigenvalue weighted by Crippen LogP contribution is 2.40. The summed E-state index contributed by atoms with van der Waals surface area (Å²) in [5.74, 6) is 0. The molecule has 1 aromatic rings. The summed E-state index contributed by atoms with van der Waals surface area (Å²) in [6.45, 7) is 2.85. The SMILES string of the molecule is CN(Cc1cccc(Cl)c1)CC1(CN)CCC1. The van der Waals surface area contributed by atoms with E-state index < -0.39 is 0 Å². The minimum Gasteiger partial charge on any atom is -0.330 e. The van der Waals surface area contributed by atoms with Crippen molar-refractivity contribution in [2.24, 2.45) is 11.1 Å². The number of halogens is 1. The van der Waals surface area contributed by atoms with Gasteiger partial charge in [0.2, 0.25) is 0 Å². The molecule has 0 bridgehead atoms. The highest BCUT2D eigenvalue weighted by atomic mass is 35.5.